The lowest BCUT2D eigenvalue weighted by Crippen LogP contribution is -2.36. The van der Waals surface area contributed by atoms with E-state index < -0.39 is 5.97 Å². The lowest BCUT2D eigenvalue weighted by atomic mass is 9.81. The van der Waals surface area contributed by atoms with Crippen molar-refractivity contribution in [3.05, 3.63) is 29.8 Å². The maximum atomic E-state index is 12.2. The smallest absolute Gasteiger partial charge is 0.306 e. The molecule has 0 heterocycles. The summed E-state index contributed by atoms with van der Waals surface area (Å²) in [6.45, 7) is 2.75. The van der Waals surface area contributed by atoms with Gasteiger partial charge in [0.2, 0.25) is 5.91 Å². The van der Waals surface area contributed by atoms with E-state index in [1.54, 1.807) is 7.11 Å². The summed E-state index contributed by atoms with van der Waals surface area (Å²) in [6.07, 6.45) is 3.62. The van der Waals surface area contributed by atoms with Crippen LogP contribution in [-0.4, -0.2) is 30.6 Å². The van der Waals surface area contributed by atoms with Crippen LogP contribution in [0.2, 0.25) is 0 Å². The zero-order valence-corrected chi connectivity index (χ0v) is 14.5. The van der Waals surface area contributed by atoms with Crippen LogP contribution in [0.3, 0.4) is 0 Å². The molecule has 3 unspecified atom stereocenters. The summed E-state index contributed by atoms with van der Waals surface area (Å²) in [5.41, 5.74) is 1.22. The van der Waals surface area contributed by atoms with Gasteiger partial charge in [0, 0.05) is 12.5 Å². The highest BCUT2D eigenvalue weighted by Gasteiger charge is 2.30. The molecule has 0 aromatic heterocycles. The molecular weight excluding hydrogens is 306 g/mol. The number of carbonyl (C=O) groups excluding carboxylic acids is 1. The van der Waals surface area contributed by atoms with Gasteiger partial charge in [0.25, 0.3) is 0 Å². The number of carboxylic acids is 1. The molecule has 5 nitrogen and oxygen atoms in total. The van der Waals surface area contributed by atoms with Gasteiger partial charge in [-0.05, 0) is 49.3 Å². The summed E-state index contributed by atoms with van der Waals surface area (Å²) in [5, 5.41) is 12.1. The molecule has 1 aromatic rings. The van der Waals surface area contributed by atoms with Crippen molar-refractivity contribution in [2.24, 2.45) is 11.8 Å². The highest BCUT2D eigenvalue weighted by atomic mass is 16.5. The van der Waals surface area contributed by atoms with Crippen LogP contribution in [0.1, 0.15) is 50.5 Å². The molecule has 24 heavy (non-hydrogen) atoms. The van der Waals surface area contributed by atoms with Crippen LogP contribution >= 0.6 is 0 Å². The number of nitrogens with one attached hydrogen (secondary N) is 1. The molecule has 0 spiro atoms. The van der Waals surface area contributed by atoms with Gasteiger partial charge in [-0.3, -0.25) is 9.59 Å². The molecule has 0 radical (unpaired) electrons. The largest absolute Gasteiger partial charge is 0.497 e. The van der Waals surface area contributed by atoms with Crippen LogP contribution in [-0.2, 0) is 9.59 Å². The first-order chi connectivity index (χ1) is 11.5. The Morgan fingerprint density at radius 2 is 1.92 bits per heavy atom. The van der Waals surface area contributed by atoms with Crippen LogP contribution < -0.4 is 10.1 Å². The summed E-state index contributed by atoms with van der Waals surface area (Å²) in [7, 11) is 1.65. The average Bonchev–Trinajstić information content (AvgIpc) is 2.61. The molecule has 3 atom stereocenters. The monoisotopic (exact) mass is 333 g/mol. The van der Waals surface area contributed by atoms with Crippen molar-refractivity contribution >= 4 is 11.9 Å². The molecule has 1 aliphatic rings. The van der Waals surface area contributed by atoms with E-state index in [4.69, 9.17) is 9.84 Å². The maximum absolute atomic E-state index is 12.2. The summed E-state index contributed by atoms with van der Waals surface area (Å²) < 4.78 is 5.16. The number of aliphatic carboxylic acids is 1. The van der Waals surface area contributed by atoms with E-state index in [2.05, 4.69) is 12.2 Å². The van der Waals surface area contributed by atoms with E-state index in [0.29, 0.717) is 25.3 Å². The van der Waals surface area contributed by atoms with Gasteiger partial charge in [-0.1, -0.05) is 25.5 Å². The van der Waals surface area contributed by atoms with Crippen molar-refractivity contribution in [3.8, 4) is 5.75 Å². The van der Waals surface area contributed by atoms with Crippen molar-refractivity contribution < 1.29 is 19.4 Å². The highest BCUT2D eigenvalue weighted by molar-refractivity contribution is 5.80. The molecule has 1 saturated carbocycles. The normalized spacial score (nSPS) is 21.8. The zero-order chi connectivity index (χ0) is 17.5. The number of methoxy groups -OCH3 is 1. The van der Waals surface area contributed by atoms with Crippen molar-refractivity contribution in [1.82, 2.24) is 5.32 Å². The minimum absolute atomic E-state index is 0.00267. The van der Waals surface area contributed by atoms with Gasteiger partial charge < -0.3 is 15.2 Å². The Labute approximate surface area is 143 Å². The molecule has 1 aliphatic carbocycles. The summed E-state index contributed by atoms with van der Waals surface area (Å²) in [4.78, 5) is 23.3. The van der Waals surface area contributed by atoms with Crippen LogP contribution in [0.5, 0.6) is 5.75 Å². The van der Waals surface area contributed by atoms with E-state index in [1.807, 2.05) is 24.3 Å². The van der Waals surface area contributed by atoms with Gasteiger partial charge >= 0.3 is 5.97 Å². The average molecular weight is 333 g/mol. The predicted molar refractivity (Wildman–Crippen MR) is 92.1 cm³/mol. The Kier molecular flexibility index (Phi) is 6.64. The van der Waals surface area contributed by atoms with Crippen LogP contribution in [0.25, 0.3) is 0 Å². The SMILES string of the molecule is COc1ccc(C(C)CCNC(=O)C2CCCC(C(=O)O)C2)cc1. The lowest BCUT2D eigenvalue weighted by molar-refractivity contribution is -0.144. The number of benzene rings is 1. The summed E-state index contributed by atoms with van der Waals surface area (Å²) >= 11 is 0. The van der Waals surface area contributed by atoms with Gasteiger partial charge in [0.1, 0.15) is 5.75 Å². The van der Waals surface area contributed by atoms with Crippen LogP contribution in [0, 0.1) is 11.8 Å². The number of rotatable bonds is 7. The molecule has 2 rings (SSSR count). The van der Waals surface area contributed by atoms with Crippen molar-refractivity contribution in [2.45, 2.75) is 44.9 Å². The fourth-order valence-corrected chi connectivity index (χ4v) is 3.31. The molecule has 1 fully saturated rings. The van der Waals surface area contributed by atoms with E-state index >= 15 is 0 Å². The van der Waals surface area contributed by atoms with Crippen molar-refractivity contribution in [3.63, 3.8) is 0 Å². The van der Waals surface area contributed by atoms with Crippen molar-refractivity contribution in [2.75, 3.05) is 13.7 Å². The van der Waals surface area contributed by atoms with E-state index in [0.717, 1.165) is 25.0 Å². The Morgan fingerprint density at radius 1 is 1.25 bits per heavy atom. The number of carboxylic acid groups (broad SMARTS) is 1. The molecule has 1 amide bonds. The Balaban J connectivity index is 1.76. The zero-order valence-electron chi connectivity index (χ0n) is 14.5. The number of hydrogen-bond donors (Lipinski definition) is 2. The Morgan fingerprint density at radius 3 is 2.54 bits per heavy atom. The fraction of sp³-hybridized carbons (Fsp3) is 0.579. The van der Waals surface area contributed by atoms with Crippen LogP contribution in [0.15, 0.2) is 24.3 Å². The van der Waals surface area contributed by atoms with E-state index in [9.17, 15) is 9.59 Å². The summed E-state index contributed by atoms with van der Waals surface area (Å²) in [6, 6.07) is 7.98. The molecular formula is C19H27NO4. The first kappa shape index (κ1) is 18.3. The maximum Gasteiger partial charge on any atom is 0.306 e. The molecule has 2 N–H and O–H groups in total. The minimum atomic E-state index is -0.777. The lowest BCUT2D eigenvalue weighted by Gasteiger charge is -2.26. The first-order valence-corrected chi connectivity index (χ1v) is 8.65. The molecule has 132 valence electrons. The number of amides is 1. The van der Waals surface area contributed by atoms with Gasteiger partial charge in [0.15, 0.2) is 0 Å². The van der Waals surface area contributed by atoms with Crippen LogP contribution in [0.4, 0.5) is 0 Å². The summed E-state index contributed by atoms with van der Waals surface area (Å²) in [5.74, 6) is -0.119. The number of ether oxygens (including phenoxy) is 1. The first-order valence-electron chi connectivity index (χ1n) is 8.65. The molecule has 0 aliphatic heterocycles. The van der Waals surface area contributed by atoms with Gasteiger partial charge in [0.05, 0.1) is 13.0 Å². The second kappa shape index (κ2) is 8.71. The van der Waals surface area contributed by atoms with E-state index in [-0.39, 0.29) is 17.7 Å². The Bertz CT molecular complexity index is 555. The third-order valence-corrected chi connectivity index (χ3v) is 4.96. The quantitative estimate of drug-likeness (QED) is 0.803. The second-order valence-electron chi connectivity index (χ2n) is 6.65. The fourth-order valence-electron chi connectivity index (χ4n) is 3.31. The second-order valence-corrected chi connectivity index (χ2v) is 6.65. The van der Waals surface area contributed by atoms with E-state index in [1.165, 1.54) is 5.56 Å². The predicted octanol–water partition coefficient (Wildman–Crippen LogP) is 3.20. The molecule has 0 saturated heterocycles. The topological polar surface area (TPSA) is 75.6 Å². The molecule has 0 bridgehead atoms. The highest BCUT2D eigenvalue weighted by Crippen LogP contribution is 2.29. The van der Waals surface area contributed by atoms with Gasteiger partial charge in [-0.15, -0.1) is 0 Å². The third kappa shape index (κ3) is 4.98. The Hall–Kier alpha value is -2.04. The molecule has 1 aromatic carbocycles. The minimum Gasteiger partial charge on any atom is -0.497 e. The third-order valence-electron chi connectivity index (χ3n) is 4.96. The van der Waals surface area contributed by atoms with Gasteiger partial charge in [-0.2, -0.15) is 0 Å². The van der Waals surface area contributed by atoms with Gasteiger partial charge in [-0.25, -0.2) is 0 Å². The standard InChI is InChI=1S/C19H27NO4/c1-13(14-6-8-17(24-2)9-7-14)10-11-20-18(21)15-4-3-5-16(12-15)19(22)23/h6-9,13,15-16H,3-5,10-12H2,1-2H3,(H,20,21)(H,22,23). The number of hydrogen-bond acceptors (Lipinski definition) is 3. The van der Waals surface area contributed by atoms with Crippen molar-refractivity contribution in [1.29, 1.82) is 0 Å². The number of carbonyl (C=O) groups is 2. The molecule has 5 heteroatoms.